The molecule has 0 bridgehead atoms. The lowest BCUT2D eigenvalue weighted by Gasteiger charge is -1.92. The van der Waals surface area contributed by atoms with Crippen molar-refractivity contribution in [3.8, 4) is 6.07 Å². The molecule has 0 atom stereocenters. The van der Waals surface area contributed by atoms with E-state index in [1.807, 2.05) is 13.0 Å². The quantitative estimate of drug-likeness (QED) is 0.569. The van der Waals surface area contributed by atoms with E-state index >= 15 is 0 Å². The molecule has 0 saturated carbocycles. The predicted molar refractivity (Wildman–Crippen MR) is 39.4 cm³/mol. The molecule has 0 heterocycles. The van der Waals surface area contributed by atoms with Crippen molar-refractivity contribution >= 4 is 0 Å². The molecular formula is C9H8N. The molecule has 1 nitrogen and oxygen atoms in total. The predicted octanol–water partition coefficient (Wildman–Crippen LogP) is 1.92. The maximum atomic E-state index is 8.49. The van der Waals surface area contributed by atoms with E-state index in [4.69, 9.17) is 5.26 Å². The van der Waals surface area contributed by atoms with E-state index in [0.29, 0.717) is 0 Å². The highest BCUT2D eigenvalue weighted by molar-refractivity contribution is 5.31. The van der Waals surface area contributed by atoms with Crippen LogP contribution in [0.3, 0.4) is 0 Å². The Morgan fingerprint density at radius 1 is 1.70 bits per heavy atom. The Labute approximate surface area is 60.9 Å². The van der Waals surface area contributed by atoms with Crippen LogP contribution in [0.2, 0.25) is 0 Å². The van der Waals surface area contributed by atoms with E-state index in [-0.39, 0.29) is 0 Å². The number of rotatable bonds is 1. The second kappa shape index (κ2) is 3.03. The van der Waals surface area contributed by atoms with Crippen molar-refractivity contribution in [3.63, 3.8) is 0 Å². The zero-order chi connectivity index (χ0) is 7.40. The number of hydrogen-bond acceptors (Lipinski definition) is 1. The van der Waals surface area contributed by atoms with E-state index in [2.05, 4.69) is 12.1 Å². The highest BCUT2D eigenvalue weighted by Gasteiger charge is 1.90. The van der Waals surface area contributed by atoms with Gasteiger partial charge in [0.2, 0.25) is 0 Å². The lowest BCUT2D eigenvalue weighted by atomic mass is 10.1. The van der Waals surface area contributed by atoms with Gasteiger partial charge in [-0.3, -0.25) is 0 Å². The summed E-state index contributed by atoms with van der Waals surface area (Å²) in [6, 6.07) is 10.5. The highest BCUT2D eigenvalue weighted by atomic mass is 14.2. The SMILES string of the molecule is CCc1[c]ccc(C#N)c1. The Bertz CT molecular complexity index is 258. The Morgan fingerprint density at radius 2 is 2.50 bits per heavy atom. The molecule has 0 spiro atoms. The van der Waals surface area contributed by atoms with Gasteiger partial charge in [-0.25, -0.2) is 0 Å². The number of benzene rings is 1. The Morgan fingerprint density at radius 3 is 3.10 bits per heavy atom. The largest absolute Gasteiger partial charge is 0.192 e. The lowest BCUT2D eigenvalue weighted by molar-refractivity contribution is 1.13. The summed E-state index contributed by atoms with van der Waals surface area (Å²) in [5.41, 5.74) is 1.81. The van der Waals surface area contributed by atoms with Gasteiger partial charge in [-0.05, 0) is 30.2 Å². The topological polar surface area (TPSA) is 23.8 Å². The normalized spacial score (nSPS) is 8.80. The molecule has 1 heteroatoms. The summed E-state index contributed by atoms with van der Waals surface area (Å²) in [5, 5.41) is 8.49. The highest BCUT2D eigenvalue weighted by Crippen LogP contribution is 2.02. The standard InChI is InChI=1S/C9H8N/c1-2-8-4-3-5-9(6-8)7-10/h3,5-6H,2H2,1H3. The third-order valence-electron chi connectivity index (χ3n) is 1.37. The fraction of sp³-hybridized carbons (Fsp3) is 0.222. The Kier molecular flexibility index (Phi) is 2.07. The maximum Gasteiger partial charge on any atom is 0.0991 e. The second-order valence-electron chi connectivity index (χ2n) is 2.07. The van der Waals surface area contributed by atoms with Crippen LogP contribution in [0.5, 0.6) is 0 Å². The van der Waals surface area contributed by atoms with E-state index in [0.717, 1.165) is 17.5 Å². The number of hydrogen-bond donors (Lipinski definition) is 0. The summed E-state index contributed by atoms with van der Waals surface area (Å²) >= 11 is 0. The molecule has 0 aliphatic carbocycles. The molecular weight excluding hydrogens is 122 g/mol. The third-order valence-corrected chi connectivity index (χ3v) is 1.37. The number of aryl methyl sites for hydroxylation is 1. The van der Waals surface area contributed by atoms with Crippen LogP contribution in [-0.2, 0) is 6.42 Å². The molecule has 10 heavy (non-hydrogen) atoms. The first-order valence-electron chi connectivity index (χ1n) is 3.27. The average Bonchev–Trinajstić information content (AvgIpc) is 2.05. The van der Waals surface area contributed by atoms with Gasteiger partial charge in [-0.1, -0.05) is 13.0 Å². The van der Waals surface area contributed by atoms with Crippen molar-refractivity contribution in [1.29, 1.82) is 5.26 Å². The van der Waals surface area contributed by atoms with Crippen molar-refractivity contribution in [1.82, 2.24) is 0 Å². The van der Waals surface area contributed by atoms with Gasteiger partial charge in [0.25, 0.3) is 0 Å². The summed E-state index contributed by atoms with van der Waals surface area (Å²) in [4.78, 5) is 0. The van der Waals surface area contributed by atoms with Crippen LogP contribution in [0.4, 0.5) is 0 Å². The van der Waals surface area contributed by atoms with E-state index < -0.39 is 0 Å². The van der Waals surface area contributed by atoms with Gasteiger partial charge in [0.15, 0.2) is 0 Å². The maximum absolute atomic E-state index is 8.49. The van der Waals surface area contributed by atoms with Gasteiger partial charge in [-0.2, -0.15) is 5.26 Å². The van der Waals surface area contributed by atoms with E-state index in [1.54, 1.807) is 12.1 Å². The van der Waals surface area contributed by atoms with E-state index in [9.17, 15) is 0 Å². The smallest absolute Gasteiger partial charge is 0.0991 e. The van der Waals surface area contributed by atoms with Crippen LogP contribution >= 0.6 is 0 Å². The summed E-state index contributed by atoms with van der Waals surface area (Å²) in [6.45, 7) is 2.05. The lowest BCUT2D eigenvalue weighted by Crippen LogP contribution is -1.80. The molecule has 0 amide bonds. The van der Waals surface area contributed by atoms with Crippen LogP contribution in [-0.4, -0.2) is 0 Å². The summed E-state index contributed by atoms with van der Waals surface area (Å²) in [7, 11) is 0. The average molecular weight is 130 g/mol. The van der Waals surface area contributed by atoms with Gasteiger partial charge < -0.3 is 0 Å². The zero-order valence-corrected chi connectivity index (χ0v) is 5.89. The van der Waals surface area contributed by atoms with Gasteiger partial charge >= 0.3 is 0 Å². The van der Waals surface area contributed by atoms with Gasteiger partial charge in [-0.15, -0.1) is 0 Å². The van der Waals surface area contributed by atoms with Gasteiger partial charge in [0.1, 0.15) is 0 Å². The minimum Gasteiger partial charge on any atom is -0.192 e. The molecule has 0 unspecified atom stereocenters. The molecule has 1 rings (SSSR count). The van der Waals surface area contributed by atoms with Gasteiger partial charge in [0, 0.05) is 0 Å². The van der Waals surface area contributed by atoms with Crippen LogP contribution in [0.25, 0.3) is 0 Å². The molecule has 0 fully saturated rings. The number of nitrogens with zero attached hydrogens (tertiary/aromatic N) is 1. The minimum atomic E-state index is 0.718. The monoisotopic (exact) mass is 130 g/mol. The first kappa shape index (κ1) is 6.82. The minimum absolute atomic E-state index is 0.718. The molecule has 1 aromatic rings. The summed E-state index contributed by atoms with van der Waals surface area (Å²) < 4.78 is 0. The Hall–Kier alpha value is -1.29. The number of nitriles is 1. The first-order chi connectivity index (χ1) is 4.86. The molecule has 0 aliphatic heterocycles. The van der Waals surface area contributed by atoms with Crippen molar-refractivity contribution < 1.29 is 0 Å². The fourth-order valence-electron chi connectivity index (χ4n) is 0.790. The van der Waals surface area contributed by atoms with Gasteiger partial charge in [0.05, 0.1) is 11.6 Å². The molecule has 0 saturated heterocycles. The molecule has 49 valence electrons. The Balaban J connectivity index is 3.01. The van der Waals surface area contributed by atoms with Crippen LogP contribution < -0.4 is 0 Å². The first-order valence-corrected chi connectivity index (χ1v) is 3.27. The molecule has 0 aliphatic rings. The third kappa shape index (κ3) is 1.35. The van der Waals surface area contributed by atoms with Crippen LogP contribution in [0.15, 0.2) is 18.2 Å². The second-order valence-corrected chi connectivity index (χ2v) is 2.07. The molecule has 1 radical (unpaired) electrons. The van der Waals surface area contributed by atoms with E-state index in [1.165, 1.54) is 0 Å². The molecule has 1 aromatic carbocycles. The van der Waals surface area contributed by atoms with Crippen LogP contribution in [0, 0.1) is 17.4 Å². The van der Waals surface area contributed by atoms with Crippen molar-refractivity contribution in [2.24, 2.45) is 0 Å². The van der Waals surface area contributed by atoms with Crippen molar-refractivity contribution in [3.05, 3.63) is 35.4 Å². The fourth-order valence-corrected chi connectivity index (χ4v) is 0.790. The molecule has 0 N–H and O–H groups in total. The summed E-state index contributed by atoms with van der Waals surface area (Å²) in [5.74, 6) is 0. The van der Waals surface area contributed by atoms with Crippen molar-refractivity contribution in [2.75, 3.05) is 0 Å². The van der Waals surface area contributed by atoms with Crippen LogP contribution in [0.1, 0.15) is 18.1 Å². The van der Waals surface area contributed by atoms with Crippen molar-refractivity contribution in [2.45, 2.75) is 13.3 Å². The zero-order valence-electron chi connectivity index (χ0n) is 5.89. The summed E-state index contributed by atoms with van der Waals surface area (Å²) in [6.07, 6.45) is 0.940. The molecule has 0 aromatic heterocycles.